The normalized spacial score (nSPS) is 24.6. The number of anilines is 1. The molecule has 2 heterocycles. The number of aryl methyl sites for hydroxylation is 1. The Morgan fingerprint density at radius 3 is 2.40 bits per heavy atom. The molecule has 0 saturated carbocycles. The van der Waals surface area contributed by atoms with Crippen molar-refractivity contribution < 1.29 is 9.53 Å². The van der Waals surface area contributed by atoms with E-state index < -0.39 is 0 Å². The highest BCUT2D eigenvalue weighted by Crippen LogP contribution is 2.36. The lowest BCUT2D eigenvalue weighted by molar-refractivity contribution is -0.133. The Morgan fingerprint density at radius 1 is 1.15 bits per heavy atom. The van der Waals surface area contributed by atoms with Crippen LogP contribution in [0, 0.1) is 0 Å². The first-order valence-electron chi connectivity index (χ1n) is 7.24. The maximum atomic E-state index is 12.0. The fraction of sp³-hybridized carbons (Fsp3) is 0.733. The summed E-state index contributed by atoms with van der Waals surface area (Å²) >= 11 is 1.56. The van der Waals surface area contributed by atoms with Crippen LogP contribution in [0.5, 0.6) is 0 Å². The molecule has 110 valence electrons. The van der Waals surface area contributed by atoms with Gasteiger partial charge in [0.25, 0.3) is 0 Å². The van der Waals surface area contributed by atoms with Gasteiger partial charge >= 0.3 is 0 Å². The first-order valence-corrected chi connectivity index (χ1v) is 8.05. The number of rotatable bonds is 1. The van der Waals surface area contributed by atoms with Crippen LogP contribution in [0.4, 0.5) is 5.13 Å². The van der Waals surface area contributed by atoms with Crippen molar-refractivity contribution in [2.45, 2.75) is 58.2 Å². The molecule has 1 aromatic heterocycles. The number of thiazole rings is 1. The van der Waals surface area contributed by atoms with E-state index in [0.717, 1.165) is 41.6 Å². The maximum Gasteiger partial charge on any atom is 0.186 e. The number of fused-ring (bicyclic) bond motifs is 1. The van der Waals surface area contributed by atoms with Gasteiger partial charge in [-0.25, -0.2) is 4.98 Å². The number of hydrogen-bond acceptors (Lipinski definition) is 5. The third-order valence-electron chi connectivity index (χ3n) is 3.72. The van der Waals surface area contributed by atoms with Crippen LogP contribution in [0.15, 0.2) is 0 Å². The second kappa shape index (κ2) is 4.53. The van der Waals surface area contributed by atoms with E-state index in [9.17, 15) is 4.79 Å². The lowest BCUT2D eigenvalue weighted by Gasteiger charge is -2.47. The zero-order valence-corrected chi connectivity index (χ0v) is 13.5. The van der Waals surface area contributed by atoms with Crippen LogP contribution in [0.1, 0.15) is 55.9 Å². The van der Waals surface area contributed by atoms with Gasteiger partial charge in [0.1, 0.15) is 0 Å². The van der Waals surface area contributed by atoms with Crippen LogP contribution >= 0.6 is 11.3 Å². The highest BCUT2D eigenvalue weighted by molar-refractivity contribution is 7.17. The van der Waals surface area contributed by atoms with Crippen molar-refractivity contribution in [1.82, 2.24) is 4.98 Å². The smallest absolute Gasteiger partial charge is 0.186 e. The van der Waals surface area contributed by atoms with Crippen molar-refractivity contribution in [3.05, 3.63) is 10.6 Å². The molecule has 0 unspecified atom stereocenters. The maximum absolute atomic E-state index is 12.0. The van der Waals surface area contributed by atoms with Gasteiger partial charge in [0.2, 0.25) is 0 Å². The second-order valence-corrected chi connectivity index (χ2v) is 8.00. The zero-order valence-electron chi connectivity index (χ0n) is 12.7. The van der Waals surface area contributed by atoms with Gasteiger partial charge in [-0.15, -0.1) is 0 Å². The molecule has 5 heteroatoms. The van der Waals surface area contributed by atoms with Crippen molar-refractivity contribution >= 4 is 22.3 Å². The third-order valence-corrected chi connectivity index (χ3v) is 4.92. The fourth-order valence-electron chi connectivity index (χ4n) is 3.31. The summed E-state index contributed by atoms with van der Waals surface area (Å²) < 4.78 is 6.10. The molecule has 0 aromatic carbocycles. The summed E-state index contributed by atoms with van der Waals surface area (Å²) in [6, 6.07) is 0. The lowest BCUT2D eigenvalue weighted by Crippen LogP contribution is -2.57. The van der Waals surface area contributed by atoms with Crippen molar-refractivity contribution in [1.29, 1.82) is 0 Å². The summed E-state index contributed by atoms with van der Waals surface area (Å²) in [6.45, 7) is 10.1. The molecule has 4 nitrogen and oxygen atoms in total. The third kappa shape index (κ3) is 2.61. The summed E-state index contributed by atoms with van der Waals surface area (Å²) in [6.07, 6.45) is 2.55. The molecule has 0 spiro atoms. The Balaban J connectivity index is 1.91. The second-order valence-electron chi connectivity index (χ2n) is 7.03. The summed E-state index contributed by atoms with van der Waals surface area (Å²) in [4.78, 5) is 19.8. The molecule has 1 saturated heterocycles. The lowest BCUT2D eigenvalue weighted by atomic mass is 9.99. The minimum Gasteiger partial charge on any atom is -0.366 e. The number of nitrogens with zero attached hydrogens (tertiary/aromatic N) is 2. The van der Waals surface area contributed by atoms with E-state index in [1.165, 1.54) is 0 Å². The van der Waals surface area contributed by atoms with Crippen LogP contribution in [-0.4, -0.2) is 35.1 Å². The number of ketones is 1. The van der Waals surface area contributed by atoms with Gasteiger partial charge in [-0.2, -0.15) is 0 Å². The van der Waals surface area contributed by atoms with Gasteiger partial charge in [-0.1, -0.05) is 11.3 Å². The average Bonchev–Trinajstić information content (AvgIpc) is 2.70. The molecule has 20 heavy (non-hydrogen) atoms. The highest BCUT2D eigenvalue weighted by atomic mass is 32.1. The molecule has 0 N–H and O–H groups in total. The fourth-order valence-corrected chi connectivity index (χ4v) is 4.39. The average molecular weight is 294 g/mol. The minimum absolute atomic E-state index is 0.196. The number of Topliss-reactive ketones (excluding diaryl/α,β-unsaturated/α-hetero) is 1. The Hall–Kier alpha value is -0.940. The quantitative estimate of drug-likeness (QED) is 0.798. The van der Waals surface area contributed by atoms with Crippen molar-refractivity contribution in [3.8, 4) is 0 Å². The molecule has 3 rings (SSSR count). The number of morpholine rings is 1. The van der Waals surface area contributed by atoms with Gasteiger partial charge in [-0.3, -0.25) is 4.79 Å². The minimum atomic E-state index is -0.196. The molecule has 0 amide bonds. The predicted octanol–water partition coefficient (Wildman–Crippen LogP) is 3.06. The molecular formula is C15H22N2O2S. The number of carbonyl (C=O) groups excluding carboxylic acids is 1. The summed E-state index contributed by atoms with van der Waals surface area (Å²) in [5.41, 5.74) is 0.610. The van der Waals surface area contributed by atoms with E-state index in [0.29, 0.717) is 6.42 Å². The molecule has 1 aliphatic carbocycles. The molecule has 1 aromatic rings. The van der Waals surface area contributed by atoms with E-state index in [1.807, 2.05) is 0 Å². The SMILES string of the molecule is CC1(C)CN(c2nc3c(s2)C(=O)CCC3)CC(C)(C)O1. The summed E-state index contributed by atoms with van der Waals surface area (Å²) in [7, 11) is 0. The monoisotopic (exact) mass is 294 g/mol. The largest absolute Gasteiger partial charge is 0.366 e. The van der Waals surface area contributed by atoms with E-state index in [2.05, 4.69) is 32.6 Å². The Kier molecular flexibility index (Phi) is 3.18. The summed E-state index contributed by atoms with van der Waals surface area (Å²) in [5, 5.41) is 0.981. The van der Waals surface area contributed by atoms with E-state index in [4.69, 9.17) is 9.72 Å². The van der Waals surface area contributed by atoms with Crippen molar-refractivity contribution in [3.63, 3.8) is 0 Å². The van der Waals surface area contributed by atoms with E-state index in [-0.39, 0.29) is 17.0 Å². The van der Waals surface area contributed by atoms with E-state index in [1.54, 1.807) is 11.3 Å². The Bertz CT molecular complexity index is 532. The first kappa shape index (κ1) is 14.0. The van der Waals surface area contributed by atoms with E-state index >= 15 is 0 Å². The van der Waals surface area contributed by atoms with Crippen LogP contribution in [-0.2, 0) is 11.2 Å². The molecule has 1 aliphatic heterocycles. The molecule has 0 radical (unpaired) electrons. The molecule has 2 aliphatic rings. The zero-order chi connectivity index (χ0) is 14.5. The standard InChI is InChI=1S/C15H22N2O2S/c1-14(2)8-17(9-15(3,4)19-14)13-16-10-6-5-7-11(18)12(10)20-13/h5-9H2,1-4H3. The van der Waals surface area contributed by atoms with Crippen LogP contribution in [0.2, 0.25) is 0 Å². The topological polar surface area (TPSA) is 42.4 Å². The first-order chi connectivity index (χ1) is 9.26. The molecule has 0 bridgehead atoms. The van der Waals surface area contributed by atoms with Gasteiger partial charge in [0.15, 0.2) is 10.9 Å². The number of hydrogen-bond donors (Lipinski definition) is 0. The van der Waals surface area contributed by atoms with Crippen LogP contribution < -0.4 is 4.90 Å². The van der Waals surface area contributed by atoms with Gasteiger partial charge < -0.3 is 9.64 Å². The molecular weight excluding hydrogens is 272 g/mol. The number of carbonyl (C=O) groups is 1. The Morgan fingerprint density at radius 2 is 1.80 bits per heavy atom. The predicted molar refractivity (Wildman–Crippen MR) is 80.8 cm³/mol. The van der Waals surface area contributed by atoms with Crippen LogP contribution in [0.25, 0.3) is 0 Å². The van der Waals surface area contributed by atoms with Gasteiger partial charge in [0.05, 0.1) is 21.8 Å². The summed E-state index contributed by atoms with van der Waals surface area (Å²) in [5.74, 6) is 0.266. The molecule has 0 atom stereocenters. The number of ether oxygens (including phenoxy) is 1. The van der Waals surface area contributed by atoms with Gasteiger partial charge in [0, 0.05) is 19.5 Å². The van der Waals surface area contributed by atoms with Crippen molar-refractivity contribution in [2.75, 3.05) is 18.0 Å². The highest BCUT2D eigenvalue weighted by Gasteiger charge is 2.39. The van der Waals surface area contributed by atoms with Crippen LogP contribution in [0.3, 0.4) is 0 Å². The molecule has 1 fully saturated rings. The Labute approximate surface area is 124 Å². The number of aromatic nitrogens is 1. The van der Waals surface area contributed by atoms with Gasteiger partial charge in [-0.05, 0) is 40.5 Å². The van der Waals surface area contributed by atoms with Crippen molar-refractivity contribution in [2.24, 2.45) is 0 Å².